The molecule has 112 valence electrons. The summed E-state index contributed by atoms with van der Waals surface area (Å²) in [5.74, 6) is 2.09. The molecule has 2 aliphatic rings. The second kappa shape index (κ2) is 5.54. The minimum Gasteiger partial charge on any atom is -0.374 e. The smallest absolute Gasteiger partial charge is 0.141 e. The maximum Gasteiger partial charge on any atom is 0.141 e. The molecule has 4 nitrogen and oxygen atoms in total. The normalized spacial score (nSPS) is 26.0. The van der Waals surface area contributed by atoms with E-state index < -0.39 is 0 Å². The van der Waals surface area contributed by atoms with Crippen LogP contribution in [-0.4, -0.2) is 35.3 Å². The van der Waals surface area contributed by atoms with Crippen LogP contribution >= 0.6 is 11.3 Å². The van der Waals surface area contributed by atoms with Crippen LogP contribution in [0.15, 0.2) is 11.4 Å². The van der Waals surface area contributed by atoms with Crippen LogP contribution in [0.5, 0.6) is 0 Å². The van der Waals surface area contributed by atoms with Crippen LogP contribution in [0.3, 0.4) is 0 Å². The van der Waals surface area contributed by atoms with Gasteiger partial charge >= 0.3 is 0 Å². The molecule has 0 aromatic carbocycles. The van der Waals surface area contributed by atoms with Gasteiger partial charge in [-0.05, 0) is 24.3 Å². The minimum absolute atomic E-state index is 0.390. The molecule has 0 spiro atoms. The summed E-state index contributed by atoms with van der Waals surface area (Å²) in [5, 5.41) is 3.34. The number of thiophene rings is 1. The highest BCUT2D eigenvalue weighted by Gasteiger charge is 2.35. The Morgan fingerprint density at radius 1 is 1.33 bits per heavy atom. The number of fused-ring (bicyclic) bond motifs is 2. The maximum atomic E-state index is 6.00. The molecule has 2 atom stereocenters. The van der Waals surface area contributed by atoms with E-state index in [1.807, 2.05) is 0 Å². The van der Waals surface area contributed by atoms with Crippen molar-refractivity contribution in [3.63, 3.8) is 0 Å². The van der Waals surface area contributed by atoms with Crippen LogP contribution in [0, 0.1) is 0 Å². The first kappa shape index (κ1) is 13.5. The highest BCUT2D eigenvalue weighted by atomic mass is 32.1. The number of morpholine rings is 1. The van der Waals surface area contributed by atoms with Gasteiger partial charge in [0.2, 0.25) is 0 Å². The third kappa shape index (κ3) is 2.32. The van der Waals surface area contributed by atoms with E-state index in [1.165, 1.54) is 31.1 Å². The van der Waals surface area contributed by atoms with E-state index in [2.05, 4.69) is 28.3 Å². The molecule has 0 bridgehead atoms. The van der Waals surface area contributed by atoms with Crippen LogP contribution < -0.4 is 4.90 Å². The van der Waals surface area contributed by atoms with Gasteiger partial charge in [-0.25, -0.2) is 9.97 Å². The molecule has 0 amide bonds. The molecule has 1 aliphatic heterocycles. The fourth-order valence-electron chi connectivity index (χ4n) is 3.62. The van der Waals surface area contributed by atoms with E-state index >= 15 is 0 Å². The molecule has 2 fully saturated rings. The SMILES string of the molecule is CCc1nc(N2CCOC3CCCCC32)c2ccsc2n1. The quantitative estimate of drug-likeness (QED) is 0.852. The van der Waals surface area contributed by atoms with Crippen LogP contribution in [0.1, 0.15) is 38.4 Å². The Morgan fingerprint density at radius 3 is 3.14 bits per heavy atom. The Kier molecular flexibility index (Phi) is 3.55. The van der Waals surface area contributed by atoms with Gasteiger partial charge in [-0.1, -0.05) is 19.8 Å². The zero-order valence-corrected chi connectivity index (χ0v) is 13.2. The predicted octanol–water partition coefficient (Wildman–Crippen LogP) is 3.40. The van der Waals surface area contributed by atoms with Gasteiger partial charge in [0.1, 0.15) is 16.5 Å². The van der Waals surface area contributed by atoms with E-state index in [0.717, 1.165) is 36.0 Å². The Hall–Kier alpha value is -1.20. The highest BCUT2D eigenvalue weighted by Crippen LogP contribution is 2.35. The van der Waals surface area contributed by atoms with Crippen LogP contribution in [0.25, 0.3) is 10.2 Å². The molecule has 2 aromatic rings. The first-order chi connectivity index (χ1) is 10.4. The molecule has 3 heterocycles. The lowest BCUT2D eigenvalue weighted by Crippen LogP contribution is -2.53. The maximum absolute atomic E-state index is 6.00. The second-order valence-corrected chi connectivity index (χ2v) is 6.81. The van der Waals surface area contributed by atoms with Crippen LogP contribution in [0.4, 0.5) is 5.82 Å². The van der Waals surface area contributed by atoms with Crippen molar-refractivity contribution in [2.75, 3.05) is 18.1 Å². The molecule has 2 aromatic heterocycles. The summed E-state index contributed by atoms with van der Waals surface area (Å²) in [7, 11) is 0. The molecule has 4 rings (SSSR count). The lowest BCUT2D eigenvalue weighted by atomic mass is 9.90. The molecule has 2 unspecified atom stereocenters. The van der Waals surface area contributed by atoms with Crippen molar-refractivity contribution in [2.45, 2.75) is 51.2 Å². The van der Waals surface area contributed by atoms with Gasteiger partial charge in [0, 0.05) is 13.0 Å². The van der Waals surface area contributed by atoms with Gasteiger partial charge in [-0.2, -0.15) is 0 Å². The fraction of sp³-hybridized carbons (Fsp3) is 0.625. The summed E-state index contributed by atoms with van der Waals surface area (Å²) in [6.45, 7) is 3.89. The summed E-state index contributed by atoms with van der Waals surface area (Å²) in [6.07, 6.45) is 6.30. The molecule has 1 saturated carbocycles. The van der Waals surface area contributed by atoms with E-state index in [4.69, 9.17) is 9.72 Å². The second-order valence-electron chi connectivity index (χ2n) is 5.91. The Labute approximate surface area is 129 Å². The first-order valence-electron chi connectivity index (χ1n) is 7.99. The number of nitrogens with zero attached hydrogens (tertiary/aromatic N) is 3. The van der Waals surface area contributed by atoms with Gasteiger partial charge in [0.05, 0.1) is 24.1 Å². The van der Waals surface area contributed by atoms with Gasteiger partial charge in [-0.15, -0.1) is 11.3 Å². The number of hydrogen-bond acceptors (Lipinski definition) is 5. The standard InChI is InChI=1S/C16H21N3OS/c1-2-14-17-15(11-7-10-21-16(11)18-14)19-8-9-20-13-6-4-3-5-12(13)19/h7,10,12-13H,2-6,8-9H2,1H3. The average molecular weight is 303 g/mol. The summed E-state index contributed by atoms with van der Waals surface area (Å²) < 4.78 is 6.00. The molecule has 0 radical (unpaired) electrons. The van der Waals surface area contributed by atoms with Gasteiger partial charge in [0.15, 0.2) is 0 Å². The Balaban J connectivity index is 1.78. The van der Waals surface area contributed by atoms with E-state index in [9.17, 15) is 0 Å². The number of aromatic nitrogens is 2. The van der Waals surface area contributed by atoms with Gasteiger partial charge in [-0.3, -0.25) is 0 Å². The predicted molar refractivity (Wildman–Crippen MR) is 86.1 cm³/mol. The Bertz CT molecular complexity index is 639. The summed E-state index contributed by atoms with van der Waals surface area (Å²) in [4.78, 5) is 13.2. The average Bonchev–Trinajstić information content (AvgIpc) is 3.02. The van der Waals surface area contributed by atoms with E-state index in [0.29, 0.717) is 12.1 Å². The summed E-state index contributed by atoms with van der Waals surface area (Å²) >= 11 is 1.72. The molecule has 1 saturated heterocycles. The highest BCUT2D eigenvalue weighted by molar-refractivity contribution is 7.16. The largest absolute Gasteiger partial charge is 0.374 e. The van der Waals surface area contributed by atoms with Crippen molar-refractivity contribution < 1.29 is 4.74 Å². The lowest BCUT2D eigenvalue weighted by molar-refractivity contribution is -0.00888. The third-order valence-electron chi connectivity index (χ3n) is 4.67. The van der Waals surface area contributed by atoms with Crippen LogP contribution in [0.2, 0.25) is 0 Å². The zero-order chi connectivity index (χ0) is 14.2. The van der Waals surface area contributed by atoms with Crippen molar-refractivity contribution in [1.82, 2.24) is 9.97 Å². The number of rotatable bonds is 2. The van der Waals surface area contributed by atoms with Crippen molar-refractivity contribution in [2.24, 2.45) is 0 Å². The number of anilines is 1. The first-order valence-corrected chi connectivity index (χ1v) is 8.87. The molecule has 1 aliphatic carbocycles. The van der Waals surface area contributed by atoms with Crippen LogP contribution in [-0.2, 0) is 11.2 Å². The zero-order valence-electron chi connectivity index (χ0n) is 12.4. The summed E-state index contributed by atoms with van der Waals surface area (Å²) in [6, 6.07) is 2.66. The summed E-state index contributed by atoms with van der Waals surface area (Å²) in [5.41, 5.74) is 0. The van der Waals surface area contributed by atoms with E-state index in [-0.39, 0.29) is 0 Å². The van der Waals surface area contributed by atoms with Gasteiger partial charge in [0.25, 0.3) is 0 Å². The number of aryl methyl sites for hydroxylation is 1. The molecule has 21 heavy (non-hydrogen) atoms. The monoisotopic (exact) mass is 303 g/mol. The Morgan fingerprint density at radius 2 is 2.24 bits per heavy atom. The van der Waals surface area contributed by atoms with Crippen molar-refractivity contribution in [3.8, 4) is 0 Å². The molecular weight excluding hydrogens is 282 g/mol. The lowest BCUT2D eigenvalue weighted by Gasteiger charge is -2.44. The molecule has 0 N–H and O–H groups in total. The topological polar surface area (TPSA) is 38.2 Å². The van der Waals surface area contributed by atoms with Gasteiger partial charge < -0.3 is 9.64 Å². The van der Waals surface area contributed by atoms with E-state index in [1.54, 1.807) is 11.3 Å². The molecule has 5 heteroatoms. The van der Waals surface area contributed by atoms with Crippen molar-refractivity contribution in [3.05, 3.63) is 17.3 Å². The minimum atomic E-state index is 0.390. The number of ether oxygens (including phenoxy) is 1. The molecular formula is C16H21N3OS. The third-order valence-corrected chi connectivity index (χ3v) is 5.48. The fourth-order valence-corrected chi connectivity index (χ4v) is 4.40. The number of hydrogen-bond donors (Lipinski definition) is 0. The van der Waals surface area contributed by atoms with Crippen molar-refractivity contribution >= 4 is 27.4 Å². The van der Waals surface area contributed by atoms with Crippen molar-refractivity contribution in [1.29, 1.82) is 0 Å².